The van der Waals surface area contributed by atoms with Gasteiger partial charge in [0.1, 0.15) is 18.1 Å². The zero-order valence-electron chi connectivity index (χ0n) is 21.6. The van der Waals surface area contributed by atoms with Crippen LogP contribution in [0.2, 0.25) is 0 Å². The zero-order valence-corrected chi connectivity index (χ0v) is 23.3. The lowest BCUT2D eigenvalue weighted by Crippen LogP contribution is -2.57. The largest absolute Gasteiger partial charge is 0.480 e. The Labute approximate surface area is 222 Å². The number of amides is 3. The number of rotatable bonds is 19. The number of nitrogens with one attached hydrogen (secondary N) is 3. The summed E-state index contributed by atoms with van der Waals surface area (Å²) in [6.07, 6.45) is 5.65. The van der Waals surface area contributed by atoms with Gasteiger partial charge in [-0.25, -0.2) is 4.79 Å². The Morgan fingerprint density at radius 2 is 1.42 bits per heavy atom. The quantitative estimate of drug-likeness (QED) is 0.0620. The Balaban J connectivity index is 5.60. The fraction of sp³-hybridized carbons (Fsp3) is 0.773. The molecule has 14 heteroatoms. The van der Waals surface area contributed by atoms with Crippen LogP contribution in [0.15, 0.2) is 4.99 Å². The first-order valence-electron chi connectivity index (χ1n) is 11.9. The van der Waals surface area contributed by atoms with Gasteiger partial charge in [-0.3, -0.25) is 19.4 Å². The highest BCUT2D eigenvalue weighted by molar-refractivity contribution is 7.98. The first kappa shape index (κ1) is 33.8. The molecule has 0 aromatic carbocycles. The molecule has 0 bridgehead atoms. The van der Waals surface area contributed by atoms with E-state index in [4.69, 9.17) is 17.2 Å². The Hall–Kier alpha value is -2.19. The number of hydrogen-bond donors (Lipinski definition) is 7. The van der Waals surface area contributed by atoms with Crippen LogP contribution in [-0.4, -0.2) is 89.5 Å². The van der Waals surface area contributed by atoms with E-state index in [9.17, 15) is 24.3 Å². The average Bonchev–Trinajstić information content (AvgIpc) is 2.83. The molecule has 36 heavy (non-hydrogen) atoms. The molecule has 12 nitrogen and oxygen atoms in total. The Kier molecular flexibility index (Phi) is 17.8. The number of nitrogens with two attached hydrogens (primary N) is 3. The summed E-state index contributed by atoms with van der Waals surface area (Å²) in [5.74, 6) is -1.90. The second-order valence-electron chi connectivity index (χ2n) is 8.45. The molecule has 0 aromatic rings. The van der Waals surface area contributed by atoms with Crippen molar-refractivity contribution >= 4 is 53.2 Å². The minimum atomic E-state index is -1.16. The third-order valence-electron chi connectivity index (χ3n) is 5.57. The van der Waals surface area contributed by atoms with Gasteiger partial charge in [-0.2, -0.15) is 23.5 Å². The molecule has 0 fully saturated rings. The predicted molar refractivity (Wildman–Crippen MR) is 147 cm³/mol. The SMILES string of the molecule is CCC(C)C(NC(=O)C(CCCN=C(N)N)NC(=O)C(CCSC)NC(=O)C(N)CCSC)C(=O)O. The molecule has 0 spiro atoms. The number of carboxylic acid groups (broad SMARTS) is 1. The summed E-state index contributed by atoms with van der Waals surface area (Å²) >= 11 is 3.08. The van der Waals surface area contributed by atoms with Crippen LogP contribution in [0.1, 0.15) is 46.0 Å². The Bertz CT molecular complexity index is 738. The van der Waals surface area contributed by atoms with Gasteiger partial charge in [-0.1, -0.05) is 20.3 Å². The van der Waals surface area contributed by atoms with Crippen LogP contribution in [0.25, 0.3) is 0 Å². The molecule has 5 atom stereocenters. The van der Waals surface area contributed by atoms with Crippen LogP contribution in [0.3, 0.4) is 0 Å². The van der Waals surface area contributed by atoms with Gasteiger partial charge < -0.3 is 38.3 Å². The number of thioether (sulfide) groups is 2. The van der Waals surface area contributed by atoms with Gasteiger partial charge in [0.25, 0.3) is 0 Å². The summed E-state index contributed by atoms with van der Waals surface area (Å²) in [5, 5.41) is 17.5. The predicted octanol–water partition coefficient (Wildman–Crippen LogP) is -0.541. The fourth-order valence-electron chi connectivity index (χ4n) is 3.14. The topological polar surface area (TPSA) is 215 Å². The van der Waals surface area contributed by atoms with Crippen LogP contribution >= 0.6 is 23.5 Å². The van der Waals surface area contributed by atoms with Crippen molar-refractivity contribution in [3.63, 3.8) is 0 Å². The number of aliphatic carboxylic acids is 1. The summed E-state index contributed by atoms with van der Waals surface area (Å²) < 4.78 is 0. The monoisotopic (exact) mass is 549 g/mol. The van der Waals surface area contributed by atoms with Crippen molar-refractivity contribution in [3.05, 3.63) is 0 Å². The molecule has 0 saturated carbocycles. The van der Waals surface area contributed by atoms with Crippen LogP contribution < -0.4 is 33.2 Å². The third-order valence-corrected chi connectivity index (χ3v) is 6.86. The van der Waals surface area contributed by atoms with Crippen LogP contribution in [0.5, 0.6) is 0 Å². The number of guanidine groups is 1. The summed E-state index contributed by atoms with van der Waals surface area (Å²) in [4.78, 5) is 54.3. The molecule has 0 aliphatic rings. The second-order valence-corrected chi connectivity index (χ2v) is 10.4. The normalized spacial score (nSPS) is 15.0. The van der Waals surface area contributed by atoms with E-state index in [-0.39, 0.29) is 24.8 Å². The van der Waals surface area contributed by atoms with E-state index < -0.39 is 47.9 Å². The summed E-state index contributed by atoms with van der Waals surface area (Å²) in [5.41, 5.74) is 16.6. The number of hydrogen-bond acceptors (Lipinski definition) is 8. The van der Waals surface area contributed by atoms with Crippen molar-refractivity contribution in [2.75, 3.05) is 30.6 Å². The van der Waals surface area contributed by atoms with Gasteiger partial charge in [0, 0.05) is 6.54 Å². The van der Waals surface area contributed by atoms with Gasteiger partial charge in [-0.15, -0.1) is 0 Å². The van der Waals surface area contributed by atoms with Crippen molar-refractivity contribution < 1.29 is 24.3 Å². The fourth-order valence-corrected chi connectivity index (χ4v) is 4.10. The minimum absolute atomic E-state index is 0.0968. The zero-order chi connectivity index (χ0) is 27.7. The number of aliphatic imine (C=N–C) groups is 1. The van der Waals surface area contributed by atoms with E-state index in [1.165, 1.54) is 11.8 Å². The highest BCUT2D eigenvalue weighted by Gasteiger charge is 2.31. The highest BCUT2D eigenvalue weighted by Crippen LogP contribution is 2.10. The first-order valence-corrected chi connectivity index (χ1v) is 14.7. The smallest absolute Gasteiger partial charge is 0.326 e. The molecule has 3 amide bonds. The van der Waals surface area contributed by atoms with E-state index in [0.717, 1.165) is 0 Å². The highest BCUT2D eigenvalue weighted by atomic mass is 32.2. The average molecular weight is 550 g/mol. The Morgan fingerprint density at radius 3 is 1.94 bits per heavy atom. The standard InChI is InChI=1S/C22H43N7O5S2/c1-5-13(2)17(21(33)34)29-20(32)15(7-6-10-26-22(24)25)28-19(31)16(9-12-36-4)27-18(30)14(23)8-11-35-3/h13-17H,5-12,23H2,1-4H3,(H,27,30)(H,28,31)(H,29,32)(H,33,34)(H4,24,25,26). The molecule has 0 aromatic heterocycles. The lowest BCUT2D eigenvalue weighted by Gasteiger charge is -2.26. The van der Waals surface area contributed by atoms with Crippen molar-refractivity contribution in [1.82, 2.24) is 16.0 Å². The molecule has 0 aliphatic heterocycles. The van der Waals surface area contributed by atoms with E-state index in [1.54, 1.807) is 18.7 Å². The molecule has 0 rings (SSSR count). The van der Waals surface area contributed by atoms with Gasteiger partial charge in [0.2, 0.25) is 17.7 Å². The molecule has 0 aliphatic carbocycles. The lowest BCUT2D eigenvalue weighted by molar-refractivity contribution is -0.144. The van der Waals surface area contributed by atoms with E-state index in [0.29, 0.717) is 37.2 Å². The van der Waals surface area contributed by atoms with Crippen molar-refractivity contribution in [2.24, 2.45) is 28.1 Å². The Morgan fingerprint density at radius 1 is 0.889 bits per heavy atom. The maximum Gasteiger partial charge on any atom is 0.326 e. The molecule has 0 saturated heterocycles. The van der Waals surface area contributed by atoms with Gasteiger partial charge in [0.05, 0.1) is 6.04 Å². The van der Waals surface area contributed by atoms with Crippen molar-refractivity contribution in [2.45, 2.75) is 70.1 Å². The number of carbonyl (C=O) groups is 4. The summed E-state index contributed by atoms with van der Waals surface area (Å²) in [7, 11) is 0. The summed E-state index contributed by atoms with van der Waals surface area (Å²) in [6, 6.07) is -3.81. The third kappa shape index (κ3) is 13.8. The van der Waals surface area contributed by atoms with Crippen molar-refractivity contribution in [1.29, 1.82) is 0 Å². The number of carboxylic acids is 1. The molecular weight excluding hydrogens is 506 g/mol. The maximum atomic E-state index is 13.1. The van der Waals surface area contributed by atoms with Gasteiger partial charge in [-0.05, 0) is 55.6 Å². The molecule has 0 radical (unpaired) electrons. The summed E-state index contributed by atoms with van der Waals surface area (Å²) in [6.45, 7) is 3.77. The minimum Gasteiger partial charge on any atom is -0.480 e. The first-order chi connectivity index (χ1) is 17.0. The number of nitrogens with zero attached hydrogens (tertiary/aromatic N) is 1. The second kappa shape index (κ2) is 19.0. The van der Waals surface area contributed by atoms with Gasteiger partial charge in [0.15, 0.2) is 5.96 Å². The van der Waals surface area contributed by atoms with Crippen molar-refractivity contribution in [3.8, 4) is 0 Å². The van der Waals surface area contributed by atoms with Crippen LogP contribution in [0.4, 0.5) is 0 Å². The van der Waals surface area contributed by atoms with Crippen LogP contribution in [0, 0.1) is 5.92 Å². The molecule has 208 valence electrons. The van der Waals surface area contributed by atoms with E-state index in [2.05, 4.69) is 20.9 Å². The molecule has 0 heterocycles. The molecule has 5 unspecified atom stereocenters. The van der Waals surface area contributed by atoms with E-state index >= 15 is 0 Å². The van der Waals surface area contributed by atoms with Gasteiger partial charge >= 0.3 is 5.97 Å². The van der Waals surface area contributed by atoms with E-state index in [1.807, 2.05) is 19.4 Å². The maximum absolute atomic E-state index is 13.1. The molecular formula is C22H43N7O5S2. The van der Waals surface area contributed by atoms with Crippen LogP contribution in [-0.2, 0) is 19.2 Å². The number of carbonyl (C=O) groups excluding carboxylic acids is 3. The lowest BCUT2D eigenvalue weighted by atomic mass is 9.98. The molecule has 10 N–H and O–H groups in total.